The van der Waals surface area contributed by atoms with Crippen molar-refractivity contribution < 1.29 is 28.5 Å². The van der Waals surface area contributed by atoms with Gasteiger partial charge in [-0.15, -0.1) is 0 Å². The van der Waals surface area contributed by atoms with Gasteiger partial charge in [0, 0.05) is 30.3 Å². The lowest BCUT2D eigenvalue weighted by atomic mass is 10.0. The highest BCUT2D eigenvalue weighted by molar-refractivity contribution is 5.96. The van der Waals surface area contributed by atoms with Crippen molar-refractivity contribution in [1.82, 2.24) is 10.2 Å². The van der Waals surface area contributed by atoms with Crippen molar-refractivity contribution in [3.8, 4) is 23.0 Å². The lowest BCUT2D eigenvalue weighted by Crippen LogP contribution is -2.46. The van der Waals surface area contributed by atoms with Crippen LogP contribution in [0.15, 0.2) is 127 Å². The number of carbonyl (C=O) groups is 2. The number of amides is 2. The van der Waals surface area contributed by atoms with Gasteiger partial charge in [-0.25, -0.2) is 0 Å². The fourth-order valence-electron chi connectivity index (χ4n) is 5.68. The first-order chi connectivity index (χ1) is 24.1. The van der Waals surface area contributed by atoms with Gasteiger partial charge in [-0.2, -0.15) is 0 Å². The molecule has 1 aliphatic rings. The first-order valence-corrected chi connectivity index (χ1v) is 16.5. The number of hydrogen-bond donors (Lipinski definition) is 1. The van der Waals surface area contributed by atoms with Crippen LogP contribution in [-0.4, -0.2) is 43.0 Å². The van der Waals surface area contributed by atoms with Crippen LogP contribution in [-0.2, 0) is 19.8 Å². The molecule has 1 aliphatic heterocycles. The van der Waals surface area contributed by atoms with Crippen molar-refractivity contribution in [3.05, 3.63) is 155 Å². The molecular formula is C41H40N2O6. The molecule has 0 atom stereocenters. The van der Waals surface area contributed by atoms with Gasteiger partial charge in [0.2, 0.25) is 5.75 Å². The maximum atomic E-state index is 13.8. The number of piperidine rings is 1. The maximum absolute atomic E-state index is 13.8. The maximum Gasteiger partial charge on any atom is 0.253 e. The molecule has 8 nitrogen and oxygen atoms in total. The Balaban J connectivity index is 1.21. The monoisotopic (exact) mass is 656 g/mol. The second-order valence-electron chi connectivity index (χ2n) is 11.9. The Labute approximate surface area is 287 Å². The molecule has 1 saturated heterocycles. The number of hydrogen-bond acceptors (Lipinski definition) is 6. The largest absolute Gasteiger partial charge is 0.497 e. The zero-order chi connectivity index (χ0) is 33.8. The van der Waals surface area contributed by atoms with Crippen molar-refractivity contribution in [2.75, 3.05) is 20.2 Å². The average molecular weight is 657 g/mol. The highest BCUT2D eigenvalue weighted by atomic mass is 16.5. The molecule has 1 heterocycles. The Morgan fingerprint density at radius 2 is 1.10 bits per heavy atom. The van der Waals surface area contributed by atoms with Gasteiger partial charge in [-0.05, 0) is 65.9 Å². The van der Waals surface area contributed by atoms with E-state index >= 15 is 0 Å². The minimum Gasteiger partial charge on any atom is -0.497 e. The van der Waals surface area contributed by atoms with Gasteiger partial charge in [-0.3, -0.25) is 9.59 Å². The van der Waals surface area contributed by atoms with Crippen LogP contribution in [0, 0.1) is 0 Å². The molecule has 49 heavy (non-hydrogen) atoms. The molecule has 2 amide bonds. The molecular weight excluding hydrogens is 616 g/mol. The van der Waals surface area contributed by atoms with E-state index in [4.69, 9.17) is 18.9 Å². The Bertz CT molecular complexity index is 1740. The summed E-state index contributed by atoms with van der Waals surface area (Å²) in [6, 6.07) is 40.0. The van der Waals surface area contributed by atoms with E-state index in [9.17, 15) is 9.59 Å². The van der Waals surface area contributed by atoms with Crippen LogP contribution >= 0.6 is 0 Å². The van der Waals surface area contributed by atoms with E-state index in [1.165, 1.54) is 0 Å². The molecule has 0 saturated carbocycles. The van der Waals surface area contributed by atoms with Gasteiger partial charge in [0.05, 0.1) is 7.11 Å². The van der Waals surface area contributed by atoms with Crippen molar-refractivity contribution >= 4 is 11.8 Å². The summed E-state index contributed by atoms with van der Waals surface area (Å²) in [6.45, 7) is 1.94. The molecule has 1 N–H and O–H groups in total. The molecule has 0 spiro atoms. The molecule has 5 aromatic carbocycles. The molecule has 8 heteroatoms. The van der Waals surface area contributed by atoms with Gasteiger partial charge in [0.15, 0.2) is 11.5 Å². The fraction of sp³-hybridized carbons (Fsp3) is 0.220. The van der Waals surface area contributed by atoms with Crippen molar-refractivity contribution in [3.63, 3.8) is 0 Å². The number of methoxy groups -OCH3 is 1. The molecule has 0 aromatic heterocycles. The smallest absolute Gasteiger partial charge is 0.253 e. The zero-order valence-electron chi connectivity index (χ0n) is 27.5. The van der Waals surface area contributed by atoms with E-state index in [1.807, 2.05) is 95.9 Å². The summed E-state index contributed by atoms with van der Waals surface area (Å²) in [4.78, 5) is 28.7. The molecule has 0 bridgehead atoms. The Morgan fingerprint density at radius 3 is 1.57 bits per heavy atom. The quantitative estimate of drug-likeness (QED) is 0.142. The summed E-state index contributed by atoms with van der Waals surface area (Å²) < 4.78 is 24.3. The predicted molar refractivity (Wildman–Crippen MR) is 188 cm³/mol. The second-order valence-corrected chi connectivity index (χ2v) is 11.9. The number of carbonyl (C=O) groups excluding carboxylic acids is 2. The summed E-state index contributed by atoms with van der Waals surface area (Å²) in [5.41, 5.74) is 3.96. The number of nitrogens with one attached hydrogen (secondary N) is 1. The van der Waals surface area contributed by atoms with Gasteiger partial charge in [-0.1, -0.05) is 91.0 Å². The van der Waals surface area contributed by atoms with E-state index in [-0.39, 0.29) is 31.1 Å². The van der Waals surface area contributed by atoms with Crippen LogP contribution in [0.2, 0.25) is 0 Å². The van der Waals surface area contributed by atoms with E-state index in [2.05, 4.69) is 5.32 Å². The third-order valence-electron chi connectivity index (χ3n) is 8.44. The highest BCUT2D eigenvalue weighted by Crippen LogP contribution is 2.40. The number of nitrogens with zero attached hydrogens (tertiary/aromatic N) is 1. The summed E-state index contributed by atoms with van der Waals surface area (Å²) in [5.74, 6) is 1.68. The third kappa shape index (κ3) is 8.99. The summed E-state index contributed by atoms with van der Waals surface area (Å²) in [5, 5.41) is 3.18. The van der Waals surface area contributed by atoms with Crippen LogP contribution in [0.4, 0.5) is 0 Å². The highest BCUT2D eigenvalue weighted by Gasteiger charge is 2.26. The van der Waals surface area contributed by atoms with Crippen molar-refractivity contribution in [2.24, 2.45) is 0 Å². The zero-order valence-corrected chi connectivity index (χ0v) is 27.5. The number of benzene rings is 5. The Kier molecular flexibility index (Phi) is 11.1. The van der Waals surface area contributed by atoms with Gasteiger partial charge < -0.3 is 29.2 Å². The van der Waals surface area contributed by atoms with Crippen molar-refractivity contribution in [2.45, 2.75) is 38.7 Å². The minimum atomic E-state index is -0.247. The van der Waals surface area contributed by atoms with E-state index in [0.29, 0.717) is 66.7 Å². The van der Waals surface area contributed by atoms with Crippen molar-refractivity contribution in [1.29, 1.82) is 0 Å². The van der Waals surface area contributed by atoms with Crippen LogP contribution in [0.25, 0.3) is 0 Å². The van der Waals surface area contributed by atoms with Gasteiger partial charge >= 0.3 is 0 Å². The van der Waals surface area contributed by atoms with Crippen LogP contribution in [0.1, 0.15) is 50.2 Å². The SMILES string of the molecule is COc1ccc(C(=O)N2CCC(NC(=O)c3cc(OCc4ccccc4)c(OCc4ccccc4)c(OCc4ccccc4)c3)CC2)cc1. The normalized spacial score (nSPS) is 13.0. The third-order valence-corrected chi connectivity index (χ3v) is 8.44. The summed E-state index contributed by atoms with van der Waals surface area (Å²) in [6.07, 6.45) is 1.28. The molecule has 0 radical (unpaired) electrons. The molecule has 5 aromatic rings. The molecule has 6 rings (SSSR count). The first-order valence-electron chi connectivity index (χ1n) is 16.5. The van der Waals surface area contributed by atoms with E-state index in [1.54, 1.807) is 43.5 Å². The molecule has 1 fully saturated rings. The molecule has 250 valence electrons. The lowest BCUT2D eigenvalue weighted by molar-refractivity contribution is 0.0698. The molecule has 0 aliphatic carbocycles. The second kappa shape index (κ2) is 16.4. The minimum absolute atomic E-state index is 0.0288. The summed E-state index contributed by atoms with van der Waals surface area (Å²) in [7, 11) is 1.60. The van der Waals surface area contributed by atoms with Crippen LogP contribution in [0.3, 0.4) is 0 Å². The van der Waals surface area contributed by atoms with E-state index < -0.39 is 0 Å². The van der Waals surface area contributed by atoms with Gasteiger partial charge in [0.25, 0.3) is 11.8 Å². The van der Waals surface area contributed by atoms with Crippen LogP contribution < -0.4 is 24.3 Å². The Morgan fingerprint density at radius 1 is 0.633 bits per heavy atom. The topological polar surface area (TPSA) is 86.3 Å². The average Bonchev–Trinajstić information content (AvgIpc) is 3.16. The summed E-state index contributed by atoms with van der Waals surface area (Å²) >= 11 is 0. The Hall–Kier alpha value is -5.76. The first kappa shape index (κ1) is 33.2. The number of ether oxygens (including phenoxy) is 4. The van der Waals surface area contributed by atoms with Crippen LogP contribution in [0.5, 0.6) is 23.0 Å². The standard InChI is InChI=1S/C41H40N2O6/c1-46-36-19-17-33(18-20-36)41(45)43-23-21-35(22-24-43)42-40(44)34-25-37(47-27-30-11-5-2-6-12-30)39(49-29-32-15-9-4-10-16-32)38(26-34)48-28-31-13-7-3-8-14-31/h2-20,25-26,35H,21-24,27-29H2,1H3,(H,42,44). The van der Waals surface area contributed by atoms with Gasteiger partial charge in [0.1, 0.15) is 25.6 Å². The fourth-order valence-corrected chi connectivity index (χ4v) is 5.68. The number of likely N-dealkylation sites (tertiary alicyclic amines) is 1. The van der Waals surface area contributed by atoms with E-state index in [0.717, 1.165) is 16.7 Å². The lowest BCUT2D eigenvalue weighted by Gasteiger charge is -2.32. The molecule has 0 unspecified atom stereocenters. The number of rotatable bonds is 13. The predicted octanol–water partition coefficient (Wildman–Crippen LogP) is 7.47.